The van der Waals surface area contributed by atoms with Gasteiger partial charge < -0.3 is 5.11 Å². The number of benzene rings is 2. The molecule has 2 aromatic carbocycles. The van der Waals surface area contributed by atoms with Crippen LogP contribution in [-0.2, 0) is 6.42 Å². The van der Waals surface area contributed by atoms with Crippen molar-refractivity contribution in [1.29, 1.82) is 0 Å². The van der Waals surface area contributed by atoms with E-state index in [9.17, 15) is 13.9 Å². The van der Waals surface area contributed by atoms with E-state index in [2.05, 4.69) is 0 Å². The molecule has 0 aromatic heterocycles. The third kappa shape index (κ3) is 3.75. The van der Waals surface area contributed by atoms with Crippen molar-refractivity contribution in [2.45, 2.75) is 12.3 Å². The summed E-state index contributed by atoms with van der Waals surface area (Å²) in [6.45, 7) is -0.113. The monoisotopic (exact) mass is 282 g/mol. The number of hydrogen-bond donors (Lipinski definition) is 1. The molecule has 100 valence electrons. The highest BCUT2D eigenvalue weighted by molar-refractivity contribution is 6.30. The van der Waals surface area contributed by atoms with Crippen molar-refractivity contribution in [2.75, 3.05) is 6.61 Å². The highest BCUT2D eigenvalue weighted by Crippen LogP contribution is 2.24. The van der Waals surface area contributed by atoms with Crippen molar-refractivity contribution < 1.29 is 13.9 Å². The lowest BCUT2D eigenvalue weighted by molar-refractivity contribution is 0.264. The van der Waals surface area contributed by atoms with Gasteiger partial charge in [-0.1, -0.05) is 23.7 Å². The maximum Gasteiger partial charge on any atom is 0.126 e. The second kappa shape index (κ2) is 6.13. The molecule has 0 bridgehead atoms. The first-order chi connectivity index (χ1) is 9.08. The van der Waals surface area contributed by atoms with Crippen LogP contribution in [0.5, 0.6) is 0 Å². The Balaban J connectivity index is 2.23. The molecule has 0 saturated heterocycles. The molecule has 0 fully saturated rings. The molecule has 1 atom stereocenters. The predicted molar refractivity (Wildman–Crippen MR) is 71.3 cm³/mol. The molecule has 0 amide bonds. The van der Waals surface area contributed by atoms with Gasteiger partial charge in [-0.15, -0.1) is 0 Å². The smallest absolute Gasteiger partial charge is 0.126 e. The molecular formula is C15H13ClF2O. The lowest BCUT2D eigenvalue weighted by atomic mass is 9.92. The number of rotatable bonds is 4. The van der Waals surface area contributed by atoms with E-state index in [0.717, 1.165) is 11.6 Å². The topological polar surface area (TPSA) is 20.2 Å². The van der Waals surface area contributed by atoms with Gasteiger partial charge in [0, 0.05) is 17.0 Å². The Labute approximate surface area is 115 Å². The molecule has 2 aromatic rings. The van der Waals surface area contributed by atoms with Gasteiger partial charge in [-0.05, 0) is 41.8 Å². The highest BCUT2D eigenvalue weighted by atomic mass is 35.5. The molecule has 1 N–H and O–H groups in total. The highest BCUT2D eigenvalue weighted by Gasteiger charge is 2.13. The maximum atomic E-state index is 13.1. The number of halogens is 3. The second-order valence-corrected chi connectivity index (χ2v) is 4.85. The van der Waals surface area contributed by atoms with Crippen LogP contribution in [-0.4, -0.2) is 11.7 Å². The molecule has 1 unspecified atom stereocenters. The Kier molecular flexibility index (Phi) is 4.51. The molecule has 0 saturated carbocycles. The van der Waals surface area contributed by atoms with Crippen molar-refractivity contribution >= 4 is 11.6 Å². The zero-order valence-corrected chi connectivity index (χ0v) is 10.9. The van der Waals surface area contributed by atoms with Gasteiger partial charge >= 0.3 is 0 Å². The van der Waals surface area contributed by atoms with E-state index in [4.69, 9.17) is 11.6 Å². The average Bonchev–Trinajstić information content (AvgIpc) is 2.34. The molecule has 0 spiro atoms. The van der Waals surface area contributed by atoms with Gasteiger partial charge in [-0.25, -0.2) is 8.78 Å². The van der Waals surface area contributed by atoms with Gasteiger partial charge in [0.1, 0.15) is 11.6 Å². The first kappa shape index (κ1) is 14.0. The van der Waals surface area contributed by atoms with Crippen LogP contribution < -0.4 is 0 Å². The van der Waals surface area contributed by atoms with Crippen LogP contribution >= 0.6 is 11.6 Å². The minimum atomic E-state index is -0.613. The third-order valence-corrected chi connectivity index (χ3v) is 3.18. The number of hydrogen-bond acceptors (Lipinski definition) is 1. The first-order valence-electron chi connectivity index (χ1n) is 5.90. The summed E-state index contributed by atoms with van der Waals surface area (Å²) in [6, 6.07) is 10.5. The lowest BCUT2D eigenvalue weighted by Crippen LogP contribution is -2.08. The van der Waals surface area contributed by atoms with Crippen molar-refractivity contribution in [3.63, 3.8) is 0 Å². The van der Waals surface area contributed by atoms with E-state index in [-0.39, 0.29) is 12.5 Å². The largest absolute Gasteiger partial charge is 0.396 e. The second-order valence-electron chi connectivity index (χ2n) is 4.42. The first-order valence-corrected chi connectivity index (χ1v) is 6.27. The molecule has 0 aliphatic rings. The number of aliphatic hydroxyl groups excluding tert-OH is 1. The summed E-state index contributed by atoms with van der Waals surface area (Å²) in [5.41, 5.74) is 1.36. The quantitative estimate of drug-likeness (QED) is 0.901. The minimum Gasteiger partial charge on any atom is -0.396 e. The zero-order chi connectivity index (χ0) is 13.8. The van der Waals surface area contributed by atoms with Crippen LogP contribution in [0.15, 0.2) is 42.5 Å². The maximum absolute atomic E-state index is 13.1. The lowest BCUT2D eigenvalue weighted by Gasteiger charge is -2.15. The summed E-state index contributed by atoms with van der Waals surface area (Å²) in [5, 5.41) is 10.0. The standard InChI is InChI=1S/C15H13ClF2O/c16-13-3-1-2-11(7-13)12(9-19)4-10-5-14(17)8-15(18)6-10/h1-3,5-8,12,19H,4,9H2. The van der Waals surface area contributed by atoms with Crippen molar-refractivity contribution in [1.82, 2.24) is 0 Å². The van der Waals surface area contributed by atoms with E-state index in [1.165, 1.54) is 12.1 Å². The fourth-order valence-corrected chi connectivity index (χ4v) is 2.26. The SMILES string of the molecule is OCC(Cc1cc(F)cc(F)c1)c1cccc(Cl)c1. The Morgan fingerprint density at radius 3 is 2.32 bits per heavy atom. The Hall–Kier alpha value is -1.45. The summed E-state index contributed by atoms with van der Waals surface area (Å²) in [5.74, 6) is -1.46. The average molecular weight is 283 g/mol. The van der Waals surface area contributed by atoms with Gasteiger partial charge in [-0.2, -0.15) is 0 Å². The van der Waals surface area contributed by atoms with Gasteiger partial charge in [0.05, 0.1) is 6.61 Å². The van der Waals surface area contributed by atoms with E-state index >= 15 is 0 Å². The van der Waals surface area contributed by atoms with Crippen molar-refractivity contribution in [3.8, 4) is 0 Å². The van der Waals surface area contributed by atoms with E-state index in [0.29, 0.717) is 17.0 Å². The van der Waals surface area contributed by atoms with E-state index < -0.39 is 11.6 Å². The normalized spacial score (nSPS) is 12.4. The van der Waals surface area contributed by atoms with Crippen LogP contribution in [0.4, 0.5) is 8.78 Å². The zero-order valence-electron chi connectivity index (χ0n) is 10.1. The minimum absolute atomic E-state index is 0.113. The summed E-state index contributed by atoms with van der Waals surface area (Å²) < 4.78 is 26.3. The summed E-state index contributed by atoms with van der Waals surface area (Å²) in [7, 11) is 0. The third-order valence-electron chi connectivity index (χ3n) is 2.94. The Bertz CT molecular complexity index is 552. The van der Waals surface area contributed by atoms with Crippen LogP contribution in [0.25, 0.3) is 0 Å². The summed E-state index contributed by atoms with van der Waals surface area (Å²) in [4.78, 5) is 0. The van der Waals surface area contributed by atoms with Crippen LogP contribution in [0.3, 0.4) is 0 Å². The van der Waals surface area contributed by atoms with Gasteiger partial charge in [0.2, 0.25) is 0 Å². The summed E-state index contributed by atoms with van der Waals surface area (Å²) >= 11 is 5.90. The molecule has 4 heteroatoms. The summed E-state index contributed by atoms with van der Waals surface area (Å²) in [6.07, 6.45) is 0.353. The Morgan fingerprint density at radius 2 is 1.74 bits per heavy atom. The van der Waals surface area contributed by atoms with Gasteiger partial charge in [0.15, 0.2) is 0 Å². The van der Waals surface area contributed by atoms with Crippen LogP contribution in [0, 0.1) is 11.6 Å². The van der Waals surface area contributed by atoms with Crippen LogP contribution in [0.1, 0.15) is 17.0 Å². The van der Waals surface area contributed by atoms with E-state index in [1.54, 1.807) is 18.2 Å². The van der Waals surface area contributed by atoms with E-state index in [1.807, 2.05) is 6.07 Å². The molecule has 0 heterocycles. The van der Waals surface area contributed by atoms with Crippen molar-refractivity contribution in [2.24, 2.45) is 0 Å². The molecular weight excluding hydrogens is 270 g/mol. The molecule has 19 heavy (non-hydrogen) atoms. The Morgan fingerprint density at radius 1 is 1.05 bits per heavy atom. The molecule has 0 aliphatic carbocycles. The van der Waals surface area contributed by atoms with Crippen LogP contribution in [0.2, 0.25) is 5.02 Å². The van der Waals surface area contributed by atoms with Gasteiger partial charge in [0.25, 0.3) is 0 Å². The fraction of sp³-hybridized carbons (Fsp3) is 0.200. The molecule has 0 radical (unpaired) electrons. The number of aliphatic hydroxyl groups is 1. The van der Waals surface area contributed by atoms with Gasteiger partial charge in [-0.3, -0.25) is 0 Å². The molecule has 2 rings (SSSR count). The predicted octanol–water partition coefficient (Wildman–Crippen LogP) is 3.94. The molecule has 1 nitrogen and oxygen atoms in total. The fourth-order valence-electron chi connectivity index (χ4n) is 2.06. The van der Waals surface area contributed by atoms with Crippen molar-refractivity contribution in [3.05, 3.63) is 70.2 Å². The molecule has 0 aliphatic heterocycles.